The Hall–Kier alpha value is -3.86. The highest BCUT2D eigenvalue weighted by Crippen LogP contribution is 2.47. The topological polar surface area (TPSA) is 8.29 Å². The van der Waals surface area contributed by atoms with E-state index >= 15 is 0 Å². The van der Waals surface area contributed by atoms with Gasteiger partial charge in [-0.2, -0.15) is 13.2 Å². The first-order valence-electron chi connectivity index (χ1n) is 15.1. The Morgan fingerprint density at radius 2 is 1.42 bits per heavy atom. The molecule has 3 aromatic heterocycles. The number of aryl methyl sites for hydroxylation is 2. The third-order valence-corrected chi connectivity index (χ3v) is 8.97. The largest absolute Gasteiger partial charge is 0.417 e. The zero-order chi connectivity index (χ0) is 30.8. The number of rotatable bonds is 2. The Bertz CT molecular complexity index is 2250. The highest BCUT2D eigenvalue weighted by Gasteiger charge is 2.36. The maximum atomic E-state index is 14.6. The van der Waals surface area contributed by atoms with Crippen LogP contribution in [0.25, 0.3) is 59.8 Å². The minimum Gasteiger partial charge on any atom is -0.307 e. The quantitative estimate of drug-likeness (QED) is 0.109. The number of halogens is 3. The molecule has 7 aromatic rings. The monoisotopic (exact) mass is 579 g/mol. The van der Waals surface area contributed by atoms with Crippen LogP contribution in [0.4, 0.5) is 13.2 Å². The van der Waals surface area contributed by atoms with Crippen molar-refractivity contribution in [3.05, 3.63) is 83.0 Å². The Kier molecular flexibility index (Phi) is 5.75. The van der Waals surface area contributed by atoms with Crippen LogP contribution in [0, 0.1) is 17.8 Å². The van der Waals surface area contributed by atoms with Crippen molar-refractivity contribution in [2.45, 2.75) is 67.5 Å². The van der Waals surface area contributed by atoms with Crippen LogP contribution in [-0.4, -0.2) is 4.40 Å². The highest BCUT2D eigenvalue weighted by molar-refractivity contribution is 6.29. The molecule has 0 atom stereocenters. The van der Waals surface area contributed by atoms with Crippen LogP contribution in [0.1, 0.15) is 63.8 Å². The molecule has 0 N–H and O–H groups in total. The summed E-state index contributed by atoms with van der Waals surface area (Å²) < 4.78 is 48.0. The van der Waals surface area contributed by atoms with Gasteiger partial charge in [0.25, 0.3) is 0 Å². The molecule has 220 valence electrons. The van der Waals surface area contributed by atoms with Gasteiger partial charge in [-0.1, -0.05) is 77.9 Å². The van der Waals surface area contributed by atoms with Gasteiger partial charge in [-0.05, 0) is 75.6 Å². The second kappa shape index (κ2) is 8.84. The van der Waals surface area contributed by atoms with Gasteiger partial charge in [0.05, 0.1) is 32.9 Å². The normalized spacial score (nSPS) is 13.7. The highest BCUT2D eigenvalue weighted by atomic mass is 19.4. The van der Waals surface area contributed by atoms with Crippen molar-refractivity contribution in [2.75, 3.05) is 0 Å². The molecule has 0 bridgehead atoms. The second-order valence-corrected chi connectivity index (χ2v) is 14.9. The number of hydrogen-bond acceptors (Lipinski definition) is 0. The van der Waals surface area contributed by atoms with E-state index in [0.29, 0.717) is 10.9 Å². The molecule has 43 heavy (non-hydrogen) atoms. The lowest BCUT2D eigenvalue weighted by Crippen LogP contribution is -2.29. The molecule has 3 heterocycles. The number of pyridine rings is 2. The van der Waals surface area contributed by atoms with Crippen LogP contribution in [0.3, 0.4) is 0 Å². The average molecular weight is 580 g/mol. The van der Waals surface area contributed by atoms with Gasteiger partial charge in [0, 0.05) is 16.8 Å². The summed E-state index contributed by atoms with van der Waals surface area (Å²) in [5, 5.41) is 6.48. The first-order chi connectivity index (χ1) is 20.0. The molecule has 0 aliphatic rings. The third kappa shape index (κ3) is 4.18. The average Bonchev–Trinajstić information content (AvgIpc) is 3.24. The minimum atomic E-state index is -4.47. The summed E-state index contributed by atoms with van der Waals surface area (Å²) in [5.74, 6) is 0. The van der Waals surface area contributed by atoms with Crippen molar-refractivity contribution < 1.29 is 17.7 Å². The Morgan fingerprint density at radius 3 is 2.09 bits per heavy atom. The Balaban J connectivity index is 1.83. The summed E-state index contributed by atoms with van der Waals surface area (Å²) >= 11 is 0. The van der Waals surface area contributed by atoms with Crippen molar-refractivity contribution in [3.63, 3.8) is 0 Å². The maximum Gasteiger partial charge on any atom is 0.417 e. The molecule has 0 saturated carbocycles. The van der Waals surface area contributed by atoms with Crippen LogP contribution in [0.15, 0.2) is 60.8 Å². The van der Waals surface area contributed by atoms with Crippen molar-refractivity contribution >= 4 is 59.8 Å². The van der Waals surface area contributed by atoms with Crippen LogP contribution < -0.4 is 4.57 Å². The molecule has 0 saturated heterocycles. The van der Waals surface area contributed by atoms with E-state index in [4.69, 9.17) is 0 Å². The molecule has 0 radical (unpaired) electrons. The number of benzene rings is 4. The molecule has 0 amide bonds. The molecule has 0 aliphatic heterocycles. The minimum absolute atomic E-state index is 0.0512. The zero-order valence-electron chi connectivity index (χ0n) is 26.2. The molecule has 0 aliphatic carbocycles. The van der Waals surface area contributed by atoms with E-state index in [1.54, 1.807) is 6.07 Å². The SMILES string of the molecule is Cc1c2cc(CC(C)(C)C)ccc2c(CC(C)(C)C)c2c1c1c3c(ccc4c5c(C(F)(F)F)cccc5n2c43)cc[n+]1C. The van der Waals surface area contributed by atoms with Gasteiger partial charge in [0.2, 0.25) is 5.52 Å². The molecule has 0 spiro atoms. The van der Waals surface area contributed by atoms with Gasteiger partial charge in [-0.3, -0.25) is 0 Å². The van der Waals surface area contributed by atoms with Crippen LogP contribution in [0.5, 0.6) is 0 Å². The Labute approximate surface area is 250 Å². The zero-order valence-corrected chi connectivity index (χ0v) is 26.2. The van der Waals surface area contributed by atoms with E-state index in [-0.39, 0.29) is 16.2 Å². The van der Waals surface area contributed by atoms with Crippen molar-refractivity contribution in [3.8, 4) is 0 Å². The number of alkyl halides is 3. The van der Waals surface area contributed by atoms with E-state index in [0.717, 1.165) is 51.1 Å². The summed E-state index contributed by atoms with van der Waals surface area (Å²) in [6, 6.07) is 17.4. The van der Waals surface area contributed by atoms with Gasteiger partial charge in [0.15, 0.2) is 6.20 Å². The van der Waals surface area contributed by atoms with Gasteiger partial charge in [-0.25, -0.2) is 4.57 Å². The smallest absolute Gasteiger partial charge is 0.307 e. The van der Waals surface area contributed by atoms with Crippen molar-refractivity contribution in [1.29, 1.82) is 0 Å². The summed E-state index contributed by atoms with van der Waals surface area (Å²) in [6.45, 7) is 15.7. The van der Waals surface area contributed by atoms with E-state index in [1.807, 2.05) is 18.2 Å². The lowest BCUT2D eigenvalue weighted by molar-refractivity contribution is -0.643. The summed E-state index contributed by atoms with van der Waals surface area (Å²) in [7, 11) is 2.06. The third-order valence-electron chi connectivity index (χ3n) is 8.97. The number of aromatic nitrogens is 2. The number of hydrogen-bond donors (Lipinski definition) is 0. The molecular weight excluding hydrogens is 541 g/mol. The molecular formula is C38H38F3N2+. The van der Waals surface area contributed by atoms with Gasteiger partial charge in [0.1, 0.15) is 7.05 Å². The summed E-state index contributed by atoms with van der Waals surface area (Å²) in [5.41, 5.74) is 6.72. The van der Waals surface area contributed by atoms with Gasteiger partial charge >= 0.3 is 6.18 Å². The molecule has 0 unspecified atom stereocenters. The van der Waals surface area contributed by atoms with Crippen molar-refractivity contribution in [2.24, 2.45) is 17.9 Å². The van der Waals surface area contributed by atoms with E-state index in [1.165, 1.54) is 28.0 Å². The first-order valence-corrected chi connectivity index (χ1v) is 15.1. The van der Waals surface area contributed by atoms with E-state index in [2.05, 4.69) is 94.9 Å². The predicted octanol–water partition coefficient (Wildman–Crippen LogP) is 10.5. The maximum absolute atomic E-state index is 14.6. The lowest BCUT2D eigenvalue weighted by Gasteiger charge is -2.25. The lowest BCUT2D eigenvalue weighted by atomic mass is 9.81. The van der Waals surface area contributed by atoms with Gasteiger partial charge < -0.3 is 4.40 Å². The van der Waals surface area contributed by atoms with Crippen molar-refractivity contribution in [1.82, 2.24) is 4.40 Å². The molecule has 0 fully saturated rings. The predicted molar refractivity (Wildman–Crippen MR) is 173 cm³/mol. The fraction of sp³-hybridized carbons (Fsp3) is 0.342. The fourth-order valence-corrected chi connectivity index (χ4v) is 7.49. The van der Waals surface area contributed by atoms with Crippen LogP contribution >= 0.6 is 0 Å². The van der Waals surface area contributed by atoms with E-state index in [9.17, 15) is 13.2 Å². The molecule has 2 nitrogen and oxygen atoms in total. The standard InChI is InChI=1S/C38H38F3N2/c1-21-26-18-22(19-36(2,3)4)12-14-24(26)27(20-37(5,6)7)34-30(21)35-31-23(16-17-42(35)8)13-15-25-32-28(38(39,40)41)10-9-11-29(32)43(34)33(25)31/h9-18H,19-20H2,1-8H3/q+1. The summed E-state index contributed by atoms with van der Waals surface area (Å²) in [6.07, 6.45) is -0.641. The summed E-state index contributed by atoms with van der Waals surface area (Å²) in [4.78, 5) is 0. The number of fused-ring (bicyclic) bond motifs is 7. The molecule has 7 rings (SSSR count). The Morgan fingerprint density at radius 1 is 0.721 bits per heavy atom. The first kappa shape index (κ1) is 27.9. The molecule has 4 aromatic carbocycles. The van der Waals surface area contributed by atoms with Crippen LogP contribution in [0.2, 0.25) is 0 Å². The van der Waals surface area contributed by atoms with Gasteiger partial charge in [-0.15, -0.1) is 0 Å². The fourth-order valence-electron chi connectivity index (χ4n) is 7.49. The number of nitrogens with zero attached hydrogens (tertiary/aromatic N) is 2. The molecule has 5 heteroatoms. The van der Waals surface area contributed by atoms with Crippen LogP contribution in [-0.2, 0) is 26.1 Å². The van der Waals surface area contributed by atoms with E-state index < -0.39 is 11.7 Å². The second-order valence-electron chi connectivity index (χ2n) is 14.9.